The zero-order valence-electron chi connectivity index (χ0n) is 15.2. The highest BCUT2D eigenvalue weighted by Gasteiger charge is 2.34. The van der Waals surface area contributed by atoms with Crippen molar-refractivity contribution in [1.29, 1.82) is 0 Å². The predicted octanol–water partition coefficient (Wildman–Crippen LogP) is 2.00. The molecule has 0 fully saturated rings. The van der Waals surface area contributed by atoms with Crippen molar-refractivity contribution in [2.75, 3.05) is 13.2 Å². The number of carbonyl (C=O) groups excluding carboxylic acids is 4. The van der Waals surface area contributed by atoms with E-state index in [1.807, 2.05) is 6.07 Å². The van der Waals surface area contributed by atoms with Gasteiger partial charge in [0.05, 0.1) is 17.7 Å². The van der Waals surface area contributed by atoms with Gasteiger partial charge in [-0.15, -0.1) is 0 Å². The van der Waals surface area contributed by atoms with Crippen LogP contribution in [0.15, 0.2) is 60.3 Å². The smallest absolute Gasteiger partial charge is 0.354 e. The molecule has 142 valence electrons. The van der Waals surface area contributed by atoms with Gasteiger partial charge in [0.2, 0.25) is 5.91 Å². The minimum absolute atomic E-state index is 0.0268. The highest BCUT2D eigenvalue weighted by Crippen LogP contribution is 2.22. The van der Waals surface area contributed by atoms with E-state index in [0.717, 1.165) is 4.90 Å². The number of hydrogen-bond donors (Lipinski definition) is 1. The SMILES string of the molecule is CC(=O)N/C(=C/c1ccccc1)C(=O)OCCN1C(=O)c2ccccc2C1=O. The number of nitrogens with one attached hydrogen (secondary N) is 1. The second-order valence-corrected chi connectivity index (χ2v) is 6.09. The molecule has 1 heterocycles. The molecule has 7 nitrogen and oxygen atoms in total. The summed E-state index contributed by atoms with van der Waals surface area (Å²) in [5.74, 6) is -2.01. The topological polar surface area (TPSA) is 92.8 Å². The highest BCUT2D eigenvalue weighted by molar-refractivity contribution is 6.21. The molecular weight excluding hydrogens is 360 g/mol. The Kier molecular flexibility index (Phi) is 5.64. The third-order valence-corrected chi connectivity index (χ3v) is 4.07. The summed E-state index contributed by atoms with van der Waals surface area (Å²) in [6, 6.07) is 15.5. The number of nitrogens with zero attached hydrogens (tertiary/aromatic N) is 1. The summed E-state index contributed by atoms with van der Waals surface area (Å²) < 4.78 is 5.17. The average molecular weight is 378 g/mol. The Bertz CT molecular complexity index is 931. The molecule has 0 atom stereocenters. The minimum atomic E-state index is -0.754. The second-order valence-electron chi connectivity index (χ2n) is 6.09. The van der Waals surface area contributed by atoms with Gasteiger partial charge < -0.3 is 10.1 Å². The number of carbonyl (C=O) groups is 4. The minimum Gasteiger partial charge on any atom is -0.459 e. The molecule has 0 aromatic heterocycles. The maximum absolute atomic E-state index is 12.3. The van der Waals surface area contributed by atoms with Crippen molar-refractivity contribution < 1.29 is 23.9 Å². The van der Waals surface area contributed by atoms with Crippen LogP contribution in [-0.2, 0) is 14.3 Å². The first-order valence-corrected chi connectivity index (χ1v) is 8.64. The van der Waals surface area contributed by atoms with Crippen LogP contribution < -0.4 is 5.32 Å². The summed E-state index contributed by atoms with van der Waals surface area (Å²) in [5.41, 5.74) is 1.35. The highest BCUT2D eigenvalue weighted by atomic mass is 16.5. The summed E-state index contributed by atoms with van der Waals surface area (Å²) >= 11 is 0. The van der Waals surface area contributed by atoms with Gasteiger partial charge >= 0.3 is 5.97 Å². The van der Waals surface area contributed by atoms with Crippen LogP contribution in [0.4, 0.5) is 0 Å². The van der Waals surface area contributed by atoms with E-state index in [4.69, 9.17) is 4.74 Å². The van der Waals surface area contributed by atoms with E-state index in [-0.39, 0.29) is 18.8 Å². The molecule has 0 radical (unpaired) electrons. The van der Waals surface area contributed by atoms with Crippen LogP contribution in [0.5, 0.6) is 0 Å². The molecule has 3 amide bonds. The number of amides is 3. The summed E-state index contributed by atoms with van der Waals surface area (Å²) in [5, 5.41) is 2.44. The lowest BCUT2D eigenvalue weighted by molar-refractivity contribution is -0.140. The van der Waals surface area contributed by atoms with Crippen LogP contribution in [0.2, 0.25) is 0 Å². The lowest BCUT2D eigenvalue weighted by atomic mass is 10.1. The summed E-state index contributed by atoms with van der Waals surface area (Å²) in [4.78, 5) is 49.4. The standard InChI is InChI=1S/C21H18N2O5/c1-14(24)22-18(13-15-7-3-2-4-8-15)21(27)28-12-11-23-19(25)16-9-5-6-10-17(16)20(23)26/h2-10,13H,11-12H2,1H3,(H,22,24)/b18-13+. The molecule has 7 heteroatoms. The molecular formula is C21H18N2O5. The Morgan fingerprint density at radius 3 is 2.11 bits per heavy atom. The molecule has 28 heavy (non-hydrogen) atoms. The third kappa shape index (κ3) is 4.15. The molecule has 0 saturated heterocycles. The fourth-order valence-corrected chi connectivity index (χ4v) is 2.80. The number of esters is 1. The molecule has 2 aromatic carbocycles. The molecule has 1 N–H and O–H groups in total. The van der Waals surface area contributed by atoms with Gasteiger partial charge in [0.25, 0.3) is 11.8 Å². The molecule has 0 bridgehead atoms. The Morgan fingerprint density at radius 1 is 0.964 bits per heavy atom. The molecule has 3 rings (SSSR count). The van der Waals surface area contributed by atoms with Crippen LogP contribution >= 0.6 is 0 Å². The van der Waals surface area contributed by atoms with Crippen molar-refractivity contribution in [3.05, 3.63) is 77.0 Å². The van der Waals surface area contributed by atoms with Gasteiger partial charge in [-0.05, 0) is 23.8 Å². The number of fused-ring (bicyclic) bond motifs is 1. The molecule has 0 saturated carbocycles. The average Bonchev–Trinajstić information content (AvgIpc) is 2.93. The van der Waals surface area contributed by atoms with Crippen molar-refractivity contribution in [3.8, 4) is 0 Å². The zero-order chi connectivity index (χ0) is 20.1. The summed E-state index contributed by atoms with van der Waals surface area (Å²) in [6.07, 6.45) is 1.49. The lowest BCUT2D eigenvalue weighted by Gasteiger charge is -2.14. The first-order valence-electron chi connectivity index (χ1n) is 8.64. The van der Waals surface area contributed by atoms with Gasteiger partial charge in [0.15, 0.2) is 0 Å². The van der Waals surface area contributed by atoms with Gasteiger partial charge in [-0.25, -0.2) is 4.79 Å². The van der Waals surface area contributed by atoms with E-state index >= 15 is 0 Å². The van der Waals surface area contributed by atoms with E-state index < -0.39 is 23.7 Å². The van der Waals surface area contributed by atoms with Crippen molar-refractivity contribution in [3.63, 3.8) is 0 Å². The van der Waals surface area contributed by atoms with E-state index in [0.29, 0.717) is 16.7 Å². The normalized spacial score (nSPS) is 13.3. The third-order valence-electron chi connectivity index (χ3n) is 4.07. The lowest BCUT2D eigenvalue weighted by Crippen LogP contribution is -2.34. The Labute approximate surface area is 161 Å². The first-order chi connectivity index (χ1) is 13.5. The van der Waals surface area contributed by atoms with Crippen molar-refractivity contribution in [2.45, 2.75) is 6.92 Å². The van der Waals surface area contributed by atoms with Gasteiger partial charge in [0.1, 0.15) is 12.3 Å². The zero-order valence-corrected chi connectivity index (χ0v) is 15.2. The van der Waals surface area contributed by atoms with Gasteiger partial charge in [0, 0.05) is 6.92 Å². The number of ether oxygens (including phenoxy) is 1. The quantitative estimate of drug-likeness (QED) is 0.472. The van der Waals surface area contributed by atoms with E-state index in [1.54, 1.807) is 48.5 Å². The predicted molar refractivity (Wildman–Crippen MR) is 101 cm³/mol. The van der Waals surface area contributed by atoms with Gasteiger partial charge in [-0.2, -0.15) is 0 Å². The van der Waals surface area contributed by atoms with Crippen LogP contribution in [0.1, 0.15) is 33.2 Å². The summed E-state index contributed by atoms with van der Waals surface area (Å²) in [6.45, 7) is 1.03. The number of benzene rings is 2. The van der Waals surface area contributed by atoms with Crippen LogP contribution in [0, 0.1) is 0 Å². The Hall–Kier alpha value is -3.74. The monoisotopic (exact) mass is 378 g/mol. The van der Waals surface area contributed by atoms with Gasteiger partial charge in [-0.3, -0.25) is 19.3 Å². The second kappa shape index (κ2) is 8.30. The maximum Gasteiger partial charge on any atom is 0.354 e. The van der Waals surface area contributed by atoms with E-state index in [1.165, 1.54) is 13.0 Å². The van der Waals surface area contributed by atoms with Crippen molar-refractivity contribution >= 4 is 29.8 Å². The number of rotatable bonds is 6. The van der Waals surface area contributed by atoms with Crippen LogP contribution in [0.25, 0.3) is 6.08 Å². The summed E-state index contributed by atoms with van der Waals surface area (Å²) in [7, 11) is 0. The molecule has 1 aliphatic heterocycles. The Morgan fingerprint density at radius 2 is 1.54 bits per heavy atom. The first kappa shape index (κ1) is 19.0. The van der Waals surface area contributed by atoms with Crippen molar-refractivity contribution in [2.24, 2.45) is 0 Å². The van der Waals surface area contributed by atoms with Gasteiger partial charge in [-0.1, -0.05) is 42.5 Å². The van der Waals surface area contributed by atoms with E-state index in [2.05, 4.69) is 5.32 Å². The molecule has 0 unspecified atom stereocenters. The fraction of sp³-hybridized carbons (Fsp3) is 0.143. The van der Waals surface area contributed by atoms with Crippen molar-refractivity contribution in [1.82, 2.24) is 10.2 Å². The maximum atomic E-state index is 12.3. The Balaban J connectivity index is 1.64. The largest absolute Gasteiger partial charge is 0.459 e. The fourth-order valence-electron chi connectivity index (χ4n) is 2.80. The molecule has 2 aromatic rings. The van der Waals surface area contributed by atoms with E-state index in [9.17, 15) is 19.2 Å². The number of imide groups is 1. The number of hydrogen-bond acceptors (Lipinski definition) is 5. The van der Waals surface area contributed by atoms with Crippen LogP contribution in [0.3, 0.4) is 0 Å². The van der Waals surface area contributed by atoms with Crippen LogP contribution in [-0.4, -0.2) is 41.7 Å². The molecule has 1 aliphatic rings. The molecule has 0 aliphatic carbocycles. The molecule has 0 spiro atoms.